The van der Waals surface area contributed by atoms with E-state index >= 15 is 0 Å². The molecule has 1 aliphatic rings. The topological polar surface area (TPSA) is 17.1 Å². The van der Waals surface area contributed by atoms with E-state index in [9.17, 15) is 4.79 Å². The summed E-state index contributed by atoms with van der Waals surface area (Å²) in [6.45, 7) is 2.19. The van der Waals surface area contributed by atoms with Crippen molar-refractivity contribution < 1.29 is 4.79 Å². The highest BCUT2D eigenvalue weighted by Crippen LogP contribution is 2.21. The minimum atomic E-state index is 0.718. The summed E-state index contributed by atoms with van der Waals surface area (Å²) < 4.78 is 0. The Kier molecular flexibility index (Phi) is 2.04. The number of rotatable bonds is 1. The molecule has 9 heavy (non-hydrogen) atoms. The molecule has 50 valence electrons. The third-order valence-corrected chi connectivity index (χ3v) is 1.80. The van der Waals surface area contributed by atoms with Gasteiger partial charge < -0.3 is 0 Å². The van der Waals surface area contributed by atoms with Crippen LogP contribution < -0.4 is 0 Å². The van der Waals surface area contributed by atoms with Crippen LogP contribution in [0.4, 0.5) is 0 Å². The number of hydrogen-bond donors (Lipinski definition) is 0. The summed E-state index contributed by atoms with van der Waals surface area (Å²) >= 11 is 0. The molecular formula is C8H12O. The predicted molar refractivity (Wildman–Crippen MR) is 37.2 cm³/mol. The van der Waals surface area contributed by atoms with Gasteiger partial charge in [-0.1, -0.05) is 13.0 Å². The Morgan fingerprint density at radius 3 is 3.00 bits per heavy atom. The van der Waals surface area contributed by atoms with Gasteiger partial charge in [0, 0.05) is 0 Å². The van der Waals surface area contributed by atoms with Gasteiger partial charge >= 0.3 is 0 Å². The smallest absolute Gasteiger partial charge is 0.145 e. The van der Waals surface area contributed by atoms with Crippen LogP contribution in [0.15, 0.2) is 11.6 Å². The van der Waals surface area contributed by atoms with Crippen LogP contribution in [0.3, 0.4) is 0 Å². The molecule has 1 nitrogen and oxygen atoms in total. The zero-order chi connectivity index (χ0) is 6.69. The van der Waals surface area contributed by atoms with Crippen LogP contribution in [0.2, 0.25) is 0 Å². The molecule has 0 saturated carbocycles. The fourth-order valence-electron chi connectivity index (χ4n) is 1.24. The Morgan fingerprint density at radius 2 is 2.56 bits per heavy atom. The summed E-state index contributed by atoms with van der Waals surface area (Å²) in [6, 6.07) is 0. The highest BCUT2D eigenvalue weighted by atomic mass is 16.1. The molecule has 0 saturated heterocycles. The van der Waals surface area contributed by atoms with Gasteiger partial charge in [0.1, 0.15) is 6.29 Å². The number of carbonyl (C=O) groups excluding carboxylic acids is 1. The Bertz CT molecular complexity index is 136. The SMILES string of the molecule is C[C@@H]1CCC=C(C=O)C1. The maximum atomic E-state index is 10.2. The van der Waals surface area contributed by atoms with E-state index in [1.54, 1.807) is 0 Å². The molecule has 0 heterocycles. The van der Waals surface area contributed by atoms with E-state index in [2.05, 4.69) is 6.92 Å². The van der Waals surface area contributed by atoms with E-state index in [4.69, 9.17) is 0 Å². The number of allylic oxidation sites excluding steroid dienone is 2. The van der Waals surface area contributed by atoms with Gasteiger partial charge in [0.25, 0.3) is 0 Å². The first kappa shape index (κ1) is 6.53. The third-order valence-electron chi connectivity index (χ3n) is 1.80. The zero-order valence-corrected chi connectivity index (χ0v) is 5.76. The lowest BCUT2D eigenvalue weighted by Gasteiger charge is -2.14. The first-order chi connectivity index (χ1) is 4.33. The van der Waals surface area contributed by atoms with Crippen LogP contribution in [0.25, 0.3) is 0 Å². The molecule has 0 amide bonds. The van der Waals surface area contributed by atoms with Crippen molar-refractivity contribution >= 4 is 6.29 Å². The Morgan fingerprint density at radius 1 is 1.78 bits per heavy atom. The summed E-state index contributed by atoms with van der Waals surface area (Å²) in [4.78, 5) is 10.2. The van der Waals surface area contributed by atoms with Crippen LogP contribution in [0, 0.1) is 5.92 Å². The fourth-order valence-corrected chi connectivity index (χ4v) is 1.24. The van der Waals surface area contributed by atoms with Crippen molar-refractivity contribution in [2.24, 2.45) is 5.92 Å². The lowest BCUT2D eigenvalue weighted by Crippen LogP contribution is -2.02. The highest BCUT2D eigenvalue weighted by Gasteiger charge is 2.08. The Labute approximate surface area is 55.8 Å². The van der Waals surface area contributed by atoms with Crippen LogP contribution in [-0.4, -0.2) is 6.29 Å². The van der Waals surface area contributed by atoms with Gasteiger partial charge in [0.2, 0.25) is 0 Å². The van der Waals surface area contributed by atoms with Crippen molar-refractivity contribution in [1.82, 2.24) is 0 Å². The van der Waals surface area contributed by atoms with Gasteiger partial charge in [-0.2, -0.15) is 0 Å². The van der Waals surface area contributed by atoms with E-state index in [-0.39, 0.29) is 0 Å². The second-order valence-corrected chi connectivity index (χ2v) is 2.78. The minimum Gasteiger partial charge on any atom is -0.298 e. The molecule has 0 aromatic carbocycles. The summed E-state index contributed by atoms with van der Waals surface area (Å²) in [5, 5.41) is 0. The maximum absolute atomic E-state index is 10.2. The molecule has 0 radical (unpaired) electrons. The highest BCUT2D eigenvalue weighted by molar-refractivity contribution is 5.73. The third kappa shape index (κ3) is 1.67. The largest absolute Gasteiger partial charge is 0.298 e. The van der Waals surface area contributed by atoms with Crippen molar-refractivity contribution in [2.75, 3.05) is 0 Å². The monoisotopic (exact) mass is 124 g/mol. The molecule has 0 fully saturated rings. The minimum absolute atomic E-state index is 0.718. The van der Waals surface area contributed by atoms with Gasteiger partial charge in [0.15, 0.2) is 0 Å². The van der Waals surface area contributed by atoms with E-state index < -0.39 is 0 Å². The average Bonchev–Trinajstić information content (AvgIpc) is 1.88. The standard InChI is InChI=1S/C8H12O/c1-7-3-2-4-8(5-7)6-9/h4,6-7H,2-3,5H2,1H3/t7-/m1/s1. The predicted octanol–water partition coefficient (Wildman–Crippen LogP) is 1.93. The second-order valence-electron chi connectivity index (χ2n) is 2.78. The van der Waals surface area contributed by atoms with Crippen molar-refractivity contribution in [3.05, 3.63) is 11.6 Å². The Hall–Kier alpha value is -0.590. The van der Waals surface area contributed by atoms with Gasteiger partial charge in [-0.15, -0.1) is 0 Å². The molecule has 0 aromatic heterocycles. The van der Waals surface area contributed by atoms with E-state index in [1.807, 2.05) is 6.08 Å². The molecule has 1 atom stereocenters. The van der Waals surface area contributed by atoms with E-state index in [1.165, 1.54) is 6.42 Å². The van der Waals surface area contributed by atoms with Gasteiger partial charge in [-0.05, 0) is 30.8 Å². The average molecular weight is 124 g/mol. The molecule has 1 aliphatic carbocycles. The van der Waals surface area contributed by atoms with Crippen molar-refractivity contribution in [2.45, 2.75) is 26.2 Å². The van der Waals surface area contributed by atoms with E-state index in [0.717, 1.165) is 30.6 Å². The van der Waals surface area contributed by atoms with Crippen LogP contribution >= 0.6 is 0 Å². The maximum Gasteiger partial charge on any atom is 0.145 e. The lowest BCUT2D eigenvalue weighted by molar-refractivity contribution is -0.105. The lowest BCUT2D eigenvalue weighted by atomic mass is 9.91. The summed E-state index contributed by atoms with van der Waals surface area (Å²) in [6.07, 6.45) is 6.36. The van der Waals surface area contributed by atoms with Gasteiger partial charge in [-0.25, -0.2) is 0 Å². The van der Waals surface area contributed by atoms with E-state index in [0.29, 0.717) is 0 Å². The molecular weight excluding hydrogens is 112 g/mol. The normalized spacial score (nSPS) is 27.2. The molecule has 0 spiro atoms. The van der Waals surface area contributed by atoms with Crippen molar-refractivity contribution in [1.29, 1.82) is 0 Å². The van der Waals surface area contributed by atoms with Gasteiger partial charge in [0.05, 0.1) is 0 Å². The first-order valence-corrected chi connectivity index (χ1v) is 3.47. The van der Waals surface area contributed by atoms with Crippen molar-refractivity contribution in [3.63, 3.8) is 0 Å². The van der Waals surface area contributed by atoms with Crippen molar-refractivity contribution in [3.8, 4) is 0 Å². The molecule has 0 aromatic rings. The van der Waals surface area contributed by atoms with Crippen LogP contribution in [0.1, 0.15) is 26.2 Å². The summed E-state index contributed by atoms with van der Waals surface area (Å²) in [5.41, 5.74) is 0.994. The number of hydrogen-bond acceptors (Lipinski definition) is 1. The number of aldehydes is 1. The molecule has 0 unspecified atom stereocenters. The molecule has 0 N–H and O–H groups in total. The number of carbonyl (C=O) groups is 1. The molecule has 0 aliphatic heterocycles. The van der Waals surface area contributed by atoms with Crippen LogP contribution in [-0.2, 0) is 4.79 Å². The van der Waals surface area contributed by atoms with Crippen LogP contribution in [0.5, 0.6) is 0 Å². The summed E-state index contributed by atoms with van der Waals surface area (Å²) in [5.74, 6) is 0.718. The molecule has 0 bridgehead atoms. The molecule has 1 heteroatoms. The molecule has 1 rings (SSSR count). The fraction of sp³-hybridized carbons (Fsp3) is 0.625. The second kappa shape index (κ2) is 2.81. The quantitative estimate of drug-likeness (QED) is 0.488. The zero-order valence-electron chi connectivity index (χ0n) is 5.76. The summed E-state index contributed by atoms with van der Waals surface area (Å²) in [7, 11) is 0. The Balaban J connectivity index is 2.53. The first-order valence-electron chi connectivity index (χ1n) is 3.47. The van der Waals surface area contributed by atoms with Gasteiger partial charge in [-0.3, -0.25) is 4.79 Å².